The molecule has 1 aromatic rings. The first-order valence-corrected chi connectivity index (χ1v) is 6.62. The first-order chi connectivity index (χ1) is 8.40. The van der Waals surface area contributed by atoms with Gasteiger partial charge in [-0.1, -0.05) is 5.16 Å². The summed E-state index contributed by atoms with van der Waals surface area (Å²) in [6, 6.07) is 0.274. The molecule has 3 saturated heterocycles. The van der Waals surface area contributed by atoms with Crippen LogP contribution in [0, 0.1) is 0 Å². The summed E-state index contributed by atoms with van der Waals surface area (Å²) in [6.45, 7) is 1.06. The van der Waals surface area contributed by atoms with Gasteiger partial charge in [-0.05, 0) is 38.6 Å². The largest absolute Gasteiger partial charge is 0.374 e. The van der Waals surface area contributed by atoms with Crippen LogP contribution in [-0.2, 0) is 4.74 Å². The number of nitrogens with one attached hydrogen (secondary N) is 1. The topological polar surface area (TPSA) is 60.2 Å². The van der Waals surface area contributed by atoms with Gasteiger partial charge in [-0.25, -0.2) is 0 Å². The zero-order valence-electron chi connectivity index (χ0n) is 9.76. The molecule has 4 rings (SSSR count). The summed E-state index contributed by atoms with van der Waals surface area (Å²) in [5.74, 6) is 1.99. The van der Waals surface area contributed by atoms with Gasteiger partial charge in [0.15, 0.2) is 5.82 Å². The Kier molecular flexibility index (Phi) is 2.23. The van der Waals surface area contributed by atoms with Crippen LogP contribution in [0.2, 0.25) is 0 Å². The first-order valence-electron chi connectivity index (χ1n) is 6.62. The van der Waals surface area contributed by atoms with Gasteiger partial charge in [-0.3, -0.25) is 0 Å². The van der Waals surface area contributed by atoms with E-state index in [2.05, 4.69) is 15.5 Å². The minimum absolute atomic E-state index is 0.274. The van der Waals surface area contributed by atoms with Crippen molar-refractivity contribution < 1.29 is 9.26 Å². The van der Waals surface area contributed by atoms with E-state index in [-0.39, 0.29) is 6.04 Å². The Hall–Kier alpha value is -0.940. The van der Waals surface area contributed by atoms with Crippen molar-refractivity contribution in [1.82, 2.24) is 15.5 Å². The van der Waals surface area contributed by atoms with Gasteiger partial charge >= 0.3 is 0 Å². The third-order valence-corrected chi connectivity index (χ3v) is 4.25. The third kappa shape index (κ3) is 1.60. The van der Waals surface area contributed by atoms with Crippen molar-refractivity contribution >= 4 is 0 Å². The van der Waals surface area contributed by atoms with Crippen LogP contribution in [0.15, 0.2) is 4.52 Å². The number of hydrogen-bond donors (Lipinski definition) is 1. The summed E-state index contributed by atoms with van der Waals surface area (Å²) >= 11 is 0. The Morgan fingerprint density at radius 1 is 1.24 bits per heavy atom. The predicted octanol–water partition coefficient (Wildman–Crippen LogP) is 1.53. The van der Waals surface area contributed by atoms with E-state index < -0.39 is 0 Å². The summed E-state index contributed by atoms with van der Waals surface area (Å²) in [7, 11) is 0. The molecule has 1 N–H and O–H groups in total. The fourth-order valence-corrected chi connectivity index (χ4v) is 3.34. The molecule has 4 heterocycles. The maximum Gasteiger partial charge on any atom is 0.243 e. The molecule has 3 fully saturated rings. The van der Waals surface area contributed by atoms with E-state index in [1.165, 1.54) is 12.8 Å². The smallest absolute Gasteiger partial charge is 0.243 e. The molecule has 2 bridgehead atoms. The zero-order valence-corrected chi connectivity index (χ0v) is 9.76. The molecular weight excluding hydrogens is 218 g/mol. The number of fused-ring (bicyclic) bond motifs is 2. The highest BCUT2D eigenvalue weighted by Crippen LogP contribution is 2.43. The van der Waals surface area contributed by atoms with Crippen LogP contribution in [-0.4, -0.2) is 28.9 Å². The van der Waals surface area contributed by atoms with Crippen LogP contribution in [0.3, 0.4) is 0 Å². The van der Waals surface area contributed by atoms with Gasteiger partial charge in [0.25, 0.3) is 0 Å². The molecular formula is C12H17N3O2. The van der Waals surface area contributed by atoms with Gasteiger partial charge in [-0.15, -0.1) is 0 Å². The van der Waals surface area contributed by atoms with Crippen LogP contribution in [0.25, 0.3) is 0 Å². The second-order valence-corrected chi connectivity index (χ2v) is 5.36. The molecule has 0 aromatic carbocycles. The van der Waals surface area contributed by atoms with E-state index in [1.54, 1.807) is 0 Å². The van der Waals surface area contributed by atoms with Crippen molar-refractivity contribution in [3.8, 4) is 0 Å². The lowest BCUT2D eigenvalue weighted by Crippen LogP contribution is -2.16. The lowest BCUT2D eigenvalue weighted by atomic mass is 9.89. The average Bonchev–Trinajstić information content (AvgIpc) is 3.12. The molecule has 0 aliphatic carbocycles. The SMILES string of the molecule is C1CN[C@@H](c2nc(C3CC4CCC3O4)no2)C1. The minimum atomic E-state index is 0.274. The molecule has 1 aromatic heterocycles. The molecule has 0 saturated carbocycles. The monoisotopic (exact) mass is 235 g/mol. The molecule has 4 atom stereocenters. The molecule has 17 heavy (non-hydrogen) atoms. The van der Waals surface area contributed by atoms with Crippen molar-refractivity contribution in [3.05, 3.63) is 11.7 Å². The average molecular weight is 235 g/mol. The third-order valence-electron chi connectivity index (χ3n) is 4.25. The second kappa shape index (κ2) is 3.78. The van der Waals surface area contributed by atoms with Crippen molar-refractivity contribution in [2.45, 2.75) is 56.3 Å². The fraction of sp³-hybridized carbons (Fsp3) is 0.833. The first kappa shape index (κ1) is 10.0. The Morgan fingerprint density at radius 2 is 2.24 bits per heavy atom. The van der Waals surface area contributed by atoms with Gasteiger partial charge in [0, 0.05) is 0 Å². The number of nitrogens with zero attached hydrogens (tertiary/aromatic N) is 2. The van der Waals surface area contributed by atoms with Gasteiger partial charge in [0.05, 0.1) is 24.2 Å². The summed E-state index contributed by atoms with van der Waals surface area (Å²) in [4.78, 5) is 4.57. The van der Waals surface area contributed by atoms with Crippen LogP contribution in [0.4, 0.5) is 0 Å². The van der Waals surface area contributed by atoms with Crippen LogP contribution < -0.4 is 5.32 Å². The minimum Gasteiger partial charge on any atom is -0.374 e. The normalized spacial score (nSPS) is 40.2. The summed E-state index contributed by atoms with van der Waals surface area (Å²) < 4.78 is 11.2. The Balaban J connectivity index is 1.54. The van der Waals surface area contributed by atoms with Gasteiger partial charge in [0.2, 0.25) is 5.89 Å². The highest BCUT2D eigenvalue weighted by Gasteiger charge is 2.43. The van der Waals surface area contributed by atoms with E-state index in [9.17, 15) is 0 Å². The predicted molar refractivity (Wildman–Crippen MR) is 59.5 cm³/mol. The van der Waals surface area contributed by atoms with Gasteiger partial charge in [0.1, 0.15) is 0 Å². The maximum atomic E-state index is 5.84. The molecule has 92 valence electrons. The Bertz CT molecular complexity index is 414. The Morgan fingerprint density at radius 3 is 2.94 bits per heavy atom. The molecule has 0 radical (unpaired) electrons. The van der Waals surface area contributed by atoms with E-state index in [1.807, 2.05) is 0 Å². The van der Waals surface area contributed by atoms with E-state index in [0.717, 1.165) is 37.5 Å². The molecule has 3 aliphatic rings. The lowest BCUT2D eigenvalue weighted by Gasteiger charge is -2.13. The lowest BCUT2D eigenvalue weighted by molar-refractivity contribution is 0.0996. The summed E-state index contributed by atoms with van der Waals surface area (Å²) in [5, 5.41) is 7.54. The van der Waals surface area contributed by atoms with Gasteiger partial charge < -0.3 is 14.6 Å². The van der Waals surface area contributed by atoms with Crippen LogP contribution in [0.1, 0.15) is 55.8 Å². The number of aromatic nitrogens is 2. The molecule has 0 amide bonds. The number of ether oxygens (including phenoxy) is 1. The molecule has 0 spiro atoms. The molecule has 5 nitrogen and oxygen atoms in total. The highest BCUT2D eigenvalue weighted by atomic mass is 16.5. The molecule has 5 heteroatoms. The van der Waals surface area contributed by atoms with Crippen LogP contribution >= 0.6 is 0 Å². The summed E-state index contributed by atoms with van der Waals surface area (Å²) in [6.07, 6.45) is 6.51. The van der Waals surface area contributed by atoms with E-state index >= 15 is 0 Å². The van der Waals surface area contributed by atoms with Crippen molar-refractivity contribution in [2.75, 3.05) is 6.54 Å². The van der Waals surface area contributed by atoms with Gasteiger partial charge in [-0.2, -0.15) is 4.98 Å². The second-order valence-electron chi connectivity index (χ2n) is 5.36. The highest BCUT2D eigenvalue weighted by molar-refractivity contribution is 5.08. The quantitative estimate of drug-likeness (QED) is 0.842. The number of rotatable bonds is 2. The standard InChI is InChI=1S/C12H17N3O2/c1-2-9(13-5-1)12-14-11(15-17-12)8-6-7-3-4-10(8)16-7/h7-10,13H,1-6H2/t7?,8?,9-,10?/m1/s1. The van der Waals surface area contributed by atoms with Crippen molar-refractivity contribution in [1.29, 1.82) is 0 Å². The van der Waals surface area contributed by atoms with E-state index in [4.69, 9.17) is 9.26 Å². The fourth-order valence-electron chi connectivity index (χ4n) is 3.34. The number of hydrogen-bond acceptors (Lipinski definition) is 5. The Labute approximate surface area is 99.9 Å². The van der Waals surface area contributed by atoms with Crippen molar-refractivity contribution in [2.24, 2.45) is 0 Å². The molecule has 3 aliphatic heterocycles. The maximum absolute atomic E-state index is 5.84. The van der Waals surface area contributed by atoms with Crippen LogP contribution in [0.5, 0.6) is 0 Å². The summed E-state index contributed by atoms with van der Waals surface area (Å²) in [5.41, 5.74) is 0. The van der Waals surface area contributed by atoms with E-state index in [0.29, 0.717) is 18.1 Å². The van der Waals surface area contributed by atoms with Crippen molar-refractivity contribution in [3.63, 3.8) is 0 Å². The zero-order chi connectivity index (χ0) is 11.2. The molecule has 3 unspecified atom stereocenters.